The summed E-state index contributed by atoms with van der Waals surface area (Å²) < 4.78 is 0.843. The Kier molecular flexibility index (Phi) is 4.14. The van der Waals surface area contributed by atoms with E-state index >= 15 is 0 Å². The molecule has 0 atom stereocenters. The maximum Gasteiger partial charge on any atom is 0.337 e. The van der Waals surface area contributed by atoms with Gasteiger partial charge in [0.2, 0.25) is 0 Å². The molecule has 0 aliphatic carbocycles. The van der Waals surface area contributed by atoms with E-state index in [1.54, 1.807) is 6.07 Å². The predicted octanol–water partition coefficient (Wildman–Crippen LogP) is 3.10. The van der Waals surface area contributed by atoms with Crippen LogP contribution in [0.5, 0.6) is 0 Å². The van der Waals surface area contributed by atoms with Gasteiger partial charge in [-0.2, -0.15) is 0 Å². The van der Waals surface area contributed by atoms with E-state index in [9.17, 15) is 9.59 Å². The van der Waals surface area contributed by atoms with Gasteiger partial charge in [-0.05, 0) is 30.7 Å². The number of benzene rings is 1. The minimum absolute atomic E-state index is 0.0244. The molecule has 0 saturated heterocycles. The molecule has 5 nitrogen and oxygen atoms in total. The van der Waals surface area contributed by atoms with Gasteiger partial charge in [-0.1, -0.05) is 22.0 Å². The third kappa shape index (κ3) is 3.21. The molecule has 6 heteroatoms. The van der Waals surface area contributed by atoms with Gasteiger partial charge in [0, 0.05) is 22.6 Å². The quantitative estimate of drug-likeness (QED) is 0.903. The number of nitrogens with zero attached hydrogens (tertiary/aromatic N) is 1. The summed E-state index contributed by atoms with van der Waals surface area (Å²) in [6.07, 6.45) is 2.53. The van der Waals surface area contributed by atoms with Crippen LogP contribution < -0.4 is 5.32 Å². The lowest BCUT2D eigenvalue weighted by Crippen LogP contribution is -2.14. The second-order valence-corrected chi connectivity index (χ2v) is 5.10. The molecule has 0 radical (unpaired) electrons. The summed E-state index contributed by atoms with van der Waals surface area (Å²) in [5.74, 6) is -1.52. The maximum atomic E-state index is 12.1. The topological polar surface area (TPSA) is 79.3 Å². The number of hydrogen-bond acceptors (Lipinski definition) is 3. The fourth-order valence-electron chi connectivity index (χ4n) is 1.60. The Hall–Kier alpha value is -2.21. The minimum Gasteiger partial charge on any atom is -0.478 e. The van der Waals surface area contributed by atoms with Gasteiger partial charge in [-0.25, -0.2) is 4.79 Å². The van der Waals surface area contributed by atoms with E-state index in [1.165, 1.54) is 18.5 Å². The zero-order valence-electron chi connectivity index (χ0n) is 10.6. The first-order valence-electron chi connectivity index (χ1n) is 5.73. The second-order valence-electron chi connectivity index (χ2n) is 4.18. The molecule has 0 spiro atoms. The molecule has 1 heterocycles. The Labute approximate surface area is 123 Å². The van der Waals surface area contributed by atoms with Crippen LogP contribution >= 0.6 is 15.9 Å². The number of hydrogen-bond donors (Lipinski definition) is 2. The van der Waals surface area contributed by atoms with E-state index in [-0.39, 0.29) is 11.1 Å². The van der Waals surface area contributed by atoms with Gasteiger partial charge in [-0.3, -0.25) is 9.78 Å². The van der Waals surface area contributed by atoms with Crippen LogP contribution in [-0.2, 0) is 0 Å². The Morgan fingerprint density at radius 1 is 1.20 bits per heavy atom. The molecule has 102 valence electrons. The monoisotopic (exact) mass is 334 g/mol. The van der Waals surface area contributed by atoms with Crippen LogP contribution in [0, 0.1) is 6.92 Å². The summed E-state index contributed by atoms with van der Waals surface area (Å²) in [5.41, 5.74) is 1.74. The number of carbonyl (C=O) groups excluding carboxylic acids is 1. The number of aryl methyl sites for hydroxylation is 1. The highest BCUT2D eigenvalue weighted by atomic mass is 79.9. The van der Waals surface area contributed by atoms with Crippen molar-refractivity contribution in [3.63, 3.8) is 0 Å². The van der Waals surface area contributed by atoms with E-state index in [4.69, 9.17) is 5.11 Å². The molecule has 0 unspecified atom stereocenters. The molecule has 1 aromatic carbocycles. The fourth-order valence-corrected chi connectivity index (χ4v) is 1.97. The number of aromatic nitrogens is 1. The van der Waals surface area contributed by atoms with Crippen molar-refractivity contribution in [2.75, 3.05) is 5.32 Å². The number of carbonyl (C=O) groups is 2. The molecule has 20 heavy (non-hydrogen) atoms. The Bertz CT molecular complexity index is 686. The van der Waals surface area contributed by atoms with Crippen LogP contribution in [0.15, 0.2) is 41.1 Å². The standard InChI is InChI=1S/C14H11BrN2O3/c1-8-2-3-11(15)5-12(8)17-13(18)9-4-10(14(19)20)7-16-6-9/h2-7H,1H3,(H,17,18)(H,19,20). The van der Waals surface area contributed by atoms with Crippen LogP contribution in [0.1, 0.15) is 26.3 Å². The number of halogens is 1. The average molecular weight is 335 g/mol. The van der Waals surface area contributed by atoms with Gasteiger partial charge in [-0.15, -0.1) is 0 Å². The zero-order valence-corrected chi connectivity index (χ0v) is 12.1. The molecule has 2 N–H and O–H groups in total. The molecule has 0 aliphatic heterocycles. The largest absolute Gasteiger partial charge is 0.478 e. The van der Waals surface area contributed by atoms with Crippen LogP contribution in [0.2, 0.25) is 0 Å². The number of aromatic carboxylic acids is 1. The Morgan fingerprint density at radius 3 is 2.60 bits per heavy atom. The van der Waals surface area contributed by atoms with Gasteiger partial charge in [0.1, 0.15) is 0 Å². The average Bonchev–Trinajstić information content (AvgIpc) is 2.43. The lowest BCUT2D eigenvalue weighted by atomic mass is 10.1. The molecular weight excluding hydrogens is 324 g/mol. The summed E-state index contributed by atoms with van der Waals surface area (Å²) >= 11 is 3.33. The van der Waals surface area contributed by atoms with E-state index < -0.39 is 11.9 Å². The number of anilines is 1. The maximum absolute atomic E-state index is 12.1. The first-order valence-corrected chi connectivity index (χ1v) is 6.52. The highest BCUT2D eigenvalue weighted by molar-refractivity contribution is 9.10. The number of rotatable bonds is 3. The highest BCUT2D eigenvalue weighted by Crippen LogP contribution is 2.21. The van der Waals surface area contributed by atoms with Gasteiger partial charge in [0.15, 0.2) is 0 Å². The Balaban J connectivity index is 2.26. The minimum atomic E-state index is -1.12. The van der Waals surface area contributed by atoms with Crippen molar-refractivity contribution in [1.82, 2.24) is 4.98 Å². The summed E-state index contributed by atoms with van der Waals surface area (Å²) in [6.45, 7) is 1.87. The number of pyridine rings is 1. The van der Waals surface area contributed by atoms with E-state index in [0.717, 1.165) is 10.0 Å². The van der Waals surface area contributed by atoms with Crippen molar-refractivity contribution in [3.05, 3.63) is 57.8 Å². The van der Waals surface area contributed by atoms with Crippen molar-refractivity contribution < 1.29 is 14.7 Å². The fraction of sp³-hybridized carbons (Fsp3) is 0.0714. The normalized spacial score (nSPS) is 10.1. The molecule has 2 aromatic rings. The number of carboxylic acids is 1. The van der Waals surface area contributed by atoms with Crippen LogP contribution in [0.25, 0.3) is 0 Å². The van der Waals surface area contributed by atoms with Crippen molar-refractivity contribution in [2.24, 2.45) is 0 Å². The van der Waals surface area contributed by atoms with Crippen LogP contribution in [-0.4, -0.2) is 22.0 Å². The van der Waals surface area contributed by atoms with Crippen LogP contribution in [0.4, 0.5) is 5.69 Å². The zero-order chi connectivity index (χ0) is 14.7. The number of carboxylic acid groups (broad SMARTS) is 1. The SMILES string of the molecule is Cc1ccc(Br)cc1NC(=O)c1cncc(C(=O)O)c1. The van der Waals surface area contributed by atoms with Crippen molar-refractivity contribution in [2.45, 2.75) is 6.92 Å². The predicted molar refractivity (Wildman–Crippen MR) is 78.0 cm³/mol. The molecule has 0 bridgehead atoms. The van der Waals surface area contributed by atoms with Gasteiger partial charge < -0.3 is 10.4 Å². The number of nitrogens with one attached hydrogen (secondary N) is 1. The summed E-state index contributed by atoms with van der Waals surface area (Å²) in [6, 6.07) is 6.81. The molecule has 1 aromatic heterocycles. The lowest BCUT2D eigenvalue weighted by molar-refractivity contribution is 0.0696. The van der Waals surface area contributed by atoms with Gasteiger partial charge in [0.25, 0.3) is 5.91 Å². The third-order valence-electron chi connectivity index (χ3n) is 2.70. The molecule has 2 rings (SSSR count). The smallest absolute Gasteiger partial charge is 0.337 e. The van der Waals surface area contributed by atoms with Crippen molar-refractivity contribution in [3.8, 4) is 0 Å². The summed E-state index contributed by atoms with van der Waals surface area (Å²) in [5, 5.41) is 11.6. The van der Waals surface area contributed by atoms with E-state index in [2.05, 4.69) is 26.2 Å². The third-order valence-corrected chi connectivity index (χ3v) is 3.19. The number of amides is 1. The van der Waals surface area contributed by atoms with Crippen molar-refractivity contribution in [1.29, 1.82) is 0 Å². The lowest BCUT2D eigenvalue weighted by Gasteiger charge is -2.09. The molecule has 0 saturated carbocycles. The highest BCUT2D eigenvalue weighted by Gasteiger charge is 2.11. The first kappa shape index (κ1) is 14.2. The molecule has 0 fully saturated rings. The second kappa shape index (κ2) is 5.83. The Morgan fingerprint density at radius 2 is 1.90 bits per heavy atom. The van der Waals surface area contributed by atoms with Crippen LogP contribution in [0.3, 0.4) is 0 Å². The van der Waals surface area contributed by atoms with E-state index in [0.29, 0.717) is 5.69 Å². The summed E-state index contributed by atoms with van der Waals surface area (Å²) in [7, 11) is 0. The van der Waals surface area contributed by atoms with Crippen molar-refractivity contribution >= 4 is 33.5 Å². The van der Waals surface area contributed by atoms with Gasteiger partial charge in [0.05, 0.1) is 11.1 Å². The van der Waals surface area contributed by atoms with Gasteiger partial charge >= 0.3 is 5.97 Å². The molecule has 1 amide bonds. The first-order chi connectivity index (χ1) is 9.47. The van der Waals surface area contributed by atoms with E-state index in [1.807, 2.05) is 19.1 Å². The molecule has 0 aliphatic rings. The summed E-state index contributed by atoms with van der Waals surface area (Å²) in [4.78, 5) is 26.7. The molecular formula is C14H11BrN2O3.